The molecule has 0 N–H and O–H groups in total. The van der Waals surface area contributed by atoms with Crippen molar-refractivity contribution in [2.45, 2.75) is 32.0 Å². The summed E-state index contributed by atoms with van der Waals surface area (Å²) >= 11 is 0. The van der Waals surface area contributed by atoms with Crippen LogP contribution in [0.5, 0.6) is 5.75 Å². The number of allylic oxidation sites excluding steroid dienone is 3. The normalized spacial score (nSPS) is 16.6. The predicted octanol–water partition coefficient (Wildman–Crippen LogP) is 9.26. The van der Waals surface area contributed by atoms with Gasteiger partial charge in [0, 0.05) is 22.1 Å². The van der Waals surface area contributed by atoms with Crippen LogP contribution in [-0.2, 0) is 4.74 Å². The van der Waals surface area contributed by atoms with Crippen LogP contribution in [0.1, 0.15) is 24.8 Å². The first kappa shape index (κ1) is 28.3. The summed E-state index contributed by atoms with van der Waals surface area (Å²) in [6.45, 7) is 1.55. The summed E-state index contributed by atoms with van der Waals surface area (Å²) < 4.78 is 115. The van der Waals surface area contributed by atoms with Crippen molar-refractivity contribution in [3.05, 3.63) is 94.9 Å². The van der Waals surface area contributed by atoms with E-state index in [0.29, 0.717) is 43.8 Å². The second-order valence-electron chi connectivity index (χ2n) is 10.0. The zero-order valence-corrected chi connectivity index (χ0v) is 21.9. The van der Waals surface area contributed by atoms with Gasteiger partial charge in [-0.05, 0) is 88.4 Å². The lowest BCUT2D eigenvalue weighted by atomic mass is 9.88. The average molecular weight is 599 g/mol. The van der Waals surface area contributed by atoms with Crippen LogP contribution in [-0.4, -0.2) is 12.7 Å². The summed E-state index contributed by atoms with van der Waals surface area (Å²) in [6.07, 6.45) is -5.86. The zero-order valence-electron chi connectivity index (χ0n) is 21.9. The van der Waals surface area contributed by atoms with Crippen LogP contribution in [0.3, 0.4) is 0 Å². The Balaban J connectivity index is 1.68. The fourth-order valence-corrected chi connectivity index (χ4v) is 5.98. The molecule has 3 aliphatic rings. The van der Waals surface area contributed by atoms with Gasteiger partial charge in [0.25, 0.3) is 0 Å². The molecule has 11 heteroatoms. The first-order valence-corrected chi connectivity index (χ1v) is 12.8. The van der Waals surface area contributed by atoms with Gasteiger partial charge in [-0.15, -0.1) is 26.3 Å². The molecule has 1 unspecified atom stereocenters. The molecule has 0 fully saturated rings. The highest BCUT2D eigenvalue weighted by Gasteiger charge is 2.35. The molecular formula is C32H17F8NO2. The van der Waals surface area contributed by atoms with Gasteiger partial charge in [0.05, 0.1) is 11.5 Å². The Kier molecular flexibility index (Phi) is 6.49. The fourth-order valence-electron chi connectivity index (χ4n) is 5.98. The molecule has 3 aromatic carbocycles. The Bertz CT molecular complexity index is 2010. The Hall–Kier alpha value is -4.85. The minimum atomic E-state index is -4.92. The summed E-state index contributed by atoms with van der Waals surface area (Å²) in [5.41, 5.74) is 2.62. The van der Waals surface area contributed by atoms with E-state index in [-0.39, 0.29) is 22.8 Å². The minimum absolute atomic E-state index is 0.0386. The van der Waals surface area contributed by atoms with Crippen LogP contribution in [0.4, 0.5) is 35.1 Å². The van der Waals surface area contributed by atoms with Crippen molar-refractivity contribution in [1.82, 2.24) is 0 Å². The number of ether oxygens (including phenoxy) is 2. The maximum Gasteiger partial charge on any atom is 0.573 e. The lowest BCUT2D eigenvalue weighted by Crippen LogP contribution is -2.17. The zero-order chi connectivity index (χ0) is 30.8. The number of benzene rings is 3. The molecule has 0 radical (unpaired) electrons. The smallest absolute Gasteiger partial charge is 0.406 e. The molecule has 0 amide bonds. The molecule has 0 spiro atoms. The van der Waals surface area contributed by atoms with E-state index in [2.05, 4.69) is 15.5 Å². The third kappa shape index (κ3) is 4.86. The molecule has 0 saturated carbocycles. The van der Waals surface area contributed by atoms with E-state index in [9.17, 15) is 40.4 Å². The first-order chi connectivity index (χ1) is 20.3. The maximum absolute atomic E-state index is 14.9. The van der Waals surface area contributed by atoms with E-state index < -0.39 is 41.8 Å². The van der Waals surface area contributed by atoms with Gasteiger partial charge in [0.1, 0.15) is 23.1 Å². The number of halogens is 8. The summed E-state index contributed by atoms with van der Waals surface area (Å²) in [6, 6.07) is 12.3. The van der Waals surface area contributed by atoms with E-state index in [1.54, 1.807) is 6.92 Å². The van der Waals surface area contributed by atoms with Crippen molar-refractivity contribution in [3.63, 3.8) is 0 Å². The van der Waals surface area contributed by atoms with E-state index in [1.807, 2.05) is 0 Å². The highest BCUT2D eigenvalue weighted by molar-refractivity contribution is 6.27. The van der Waals surface area contributed by atoms with E-state index in [4.69, 9.17) is 0 Å². The van der Waals surface area contributed by atoms with E-state index in [0.717, 1.165) is 30.3 Å². The van der Waals surface area contributed by atoms with Crippen LogP contribution < -0.4 is 9.96 Å². The molecule has 3 aromatic rings. The minimum Gasteiger partial charge on any atom is -0.406 e. The standard InChI is InChI=1S/C32H17F8NO2/c1-15(14-41)24-25(16-2-6-18(7-3-16)42-31(35,36)37)28-20-10-12-22(33)30-23(34)13-11-21(27(20)30)29(28)26(24)17-4-8-19(9-5-17)43-32(38,39)40/h2-4,6-13,17H,5H2,1H3/b24-15+. The molecule has 0 saturated heterocycles. The van der Waals surface area contributed by atoms with E-state index in [1.165, 1.54) is 36.4 Å². The molecule has 0 heterocycles. The molecule has 6 rings (SSSR count). The molecule has 218 valence electrons. The van der Waals surface area contributed by atoms with Crippen LogP contribution in [0.15, 0.2) is 72.5 Å². The van der Waals surface area contributed by atoms with Crippen molar-refractivity contribution in [1.29, 1.82) is 5.26 Å². The molecule has 0 aliphatic heterocycles. The summed E-state index contributed by atoms with van der Waals surface area (Å²) in [4.78, 5) is 0. The van der Waals surface area contributed by atoms with Gasteiger partial charge in [-0.2, -0.15) is 5.26 Å². The maximum atomic E-state index is 14.9. The highest BCUT2D eigenvalue weighted by Crippen LogP contribution is 2.52. The highest BCUT2D eigenvalue weighted by atomic mass is 19.4. The molecule has 43 heavy (non-hydrogen) atoms. The largest absolute Gasteiger partial charge is 0.573 e. The van der Waals surface area contributed by atoms with Gasteiger partial charge >= 0.3 is 12.7 Å². The Morgan fingerprint density at radius 3 is 1.93 bits per heavy atom. The number of nitrogens with zero attached hydrogens (tertiary/aromatic N) is 1. The van der Waals surface area contributed by atoms with Crippen LogP contribution >= 0.6 is 0 Å². The number of fused-ring (bicyclic) bond motifs is 3. The number of hydrogen-bond donors (Lipinski definition) is 0. The average Bonchev–Trinajstić information content (AvgIpc) is 3.43. The van der Waals surface area contributed by atoms with Crippen LogP contribution in [0.25, 0.3) is 49.4 Å². The van der Waals surface area contributed by atoms with Gasteiger partial charge in [-0.3, -0.25) is 0 Å². The molecular weight excluding hydrogens is 582 g/mol. The number of rotatable bonds is 4. The third-order valence-electron chi connectivity index (χ3n) is 7.48. The molecule has 3 nitrogen and oxygen atoms in total. The lowest BCUT2D eigenvalue weighted by molar-refractivity contribution is -0.303. The van der Waals surface area contributed by atoms with Crippen molar-refractivity contribution < 1.29 is 44.6 Å². The predicted molar refractivity (Wildman–Crippen MR) is 143 cm³/mol. The van der Waals surface area contributed by atoms with Gasteiger partial charge in [-0.1, -0.05) is 30.3 Å². The molecule has 0 bridgehead atoms. The summed E-state index contributed by atoms with van der Waals surface area (Å²) in [5, 5.41) is 11.4. The monoisotopic (exact) mass is 599 g/mol. The quantitative estimate of drug-likeness (QED) is 0.194. The van der Waals surface area contributed by atoms with Crippen LogP contribution in [0, 0.1) is 23.0 Å². The van der Waals surface area contributed by atoms with Crippen molar-refractivity contribution in [3.8, 4) is 34.1 Å². The summed E-state index contributed by atoms with van der Waals surface area (Å²) in [5.74, 6) is -3.07. The van der Waals surface area contributed by atoms with Gasteiger partial charge < -0.3 is 9.47 Å². The SMILES string of the molecule is C/C(C#N)=c1/c(-c2ccc(OC(F)(F)F)cc2)c2c3ccc(F)c4c(F)ccc(c-2c1C1C=CC(OC(F)(F)F)=CC1)c34. The van der Waals surface area contributed by atoms with Crippen LogP contribution in [0.2, 0.25) is 0 Å². The lowest BCUT2D eigenvalue weighted by Gasteiger charge is -2.19. The summed E-state index contributed by atoms with van der Waals surface area (Å²) in [7, 11) is 0. The number of hydrogen-bond acceptors (Lipinski definition) is 3. The molecule has 3 aliphatic carbocycles. The Morgan fingerprint density at radius 1 is 0.791 bits per heavy atom. The van der Waals surface area contributed by atoms with Gasteiger partial charge in [-0.25, -0.2) is 8.78 Å². The Morgan fingerprint density at radius 2 is 1.40 bits per heavy atom. The molecule has 1 atom stereocenters. The fraction of sp³-hybridized carbons (Fsp3) is 0.156. The molecule has 0 aromatic heterocycles. The van der Waals surface area contributed by atoms with Crippen molar-refractivity contribution in [2.24, 2.45) is 0 Å². The topological polar surface area (TPSA) is 42.2 Å². The van der Waals surface area contributed by atoms with Gasteiger partial charge in [0.15, 0.2) is 0 Å². The number of nitriles is 1. The number of alkyl halides is 6. The Labute approximate surface area is 238 Å². The van der Waals surface area contributed by atoms with Crippen molar-refractivity contribution in [2.75, 3.05) is 0 Å². The first-order valence-electron chi connectivity index (χ1n) is 12.8. The van der Waals surface area contributed by atoms with E-state index >= 15 is 0 Å². The second kappa shape index (κ2) is 9.87. The second-order valence-corrected chi connectivity index (χ2v) is 10.0. The third-order valence-corrected chi connectivity index (χ3v) is 7.48. The van der Waals surface area contributed by atoms with Crippen molar-refractivity contribution >= 4 is 27.1 Å². The van der Waals surface area contributed by atoms with Gasteiger partial charge in [0.2, 0.25) is 0 Å².